The molecule has 0 fully saturated rings. The monoisotopic (exact) mass is 187 g/mol. The van der Waals surface area contributed by atoms with Crippen molar-refractivity contribution in [2.75, 3.05) is 0 Å². The molecule has 0 unspecified atom stereocenters. The maximum Gasteiger partial charge on any atom is 0.274 e. The molecule has 70 valence electrons. The van der Waals surface area contributed by atoms with E-state index in [0.29, 0.717) is 5.69 Å². The highest BCUT2D eigenvalue weighted by Crippen LogP contribution is 2.05. The summed E-state index contributed by atoms with van der Waals surface area (Å²) in [4.78, 5) is 18.3. The molecule has 4 heteroatoms. The average molecular weight is 187 g/mol. The fraction of sp³-hybridized carbons (Fsp3) is 0. The molecule has 0 aliphatic carbocycles. The Bertz CT molecular complexity index is 542. The molecule has 0 spiro atoms. The maximum absolute atomic E-state index is 11.4. The molecule has 1 aromatic carbocycles. The van der Waals surface area contributed by atoms with E-state index in [1.807, 2.05) is 18.2 Å². The lowest BCUT2D eigenvalue weighted by Crippen LogP contribution is -2.11. The van der Waals surface area contributed by atoms with Gasteiger partial charge in [-0.05, 0) is 24.4 Å². The van der Waals surface area contributed by atoms with Crippen molar-refractivity contribution < 1.29 is 0 Å². The van der Waals surface area contributed by atoms with E-state index >= 15 is 0 Å². The molecule has 1 aromatic heterocycles. The number of fused-ring (bicyclic) bond motifs is 1. The molecule has 1 heterocycles. The van der Waals surface area contributed by atoms with Crippen LogP contribution < -0.4 is 11.3 Å². The van der Waals surface area contributed by atoms with E-state index in [1.165, 1.54) is 12.3 Å². The van der Waals surface area contributed by atoms with Crippen LogP contribution in [0.25, 0.3) is 17.1 Å². The van der Waals surface area contributed by atoms with Gasteiger partial charge in [-0.15, -0.1) is 0 Å². The number of nitrogens with zero attached hydrogens (tertiary/aromatic N) is 1. The van der Waals surface area contributed by atoms with Gasteiger partial charge < -0.3 is 10.7 Å². The van der Waals surface area contributed by atoms with Crippen molar-refractivity contribution in [3.05, 3.63) is 46.5 Å². The highest BCUT2D eigenvalue weighted by Gasteiger charge is 1.99. The van der Waals surface area contributed by atoms with E-state index < -0.39 is 0 Å². The summed E-state index contributed by atoms with van der Waals surface area (Å²) in [7, 11) is 0. The second-order valence-corrected chi connectivity index (χ2v) is 2.83. The molecule has 14 heavy (non-hydrogen) atoms. The summed E-state index contributed by atoms with van der Waals surface area (Å²) in [5.74, 6) is 0. The number of benzene rings is 1. The van der Waals surface area contributed by atoms with Gasteiger partial charge >= 0.3 is 0 Å². The molecule has 2 rings (SSSR count). The highest BCUT2D eigenvalue weighted by atomic mass is 16.1. The predicted molar refractivity (Wildman–Crippen MR) is 55.6 cm³/mol. The standard InChI is InChI=1S/C10H9N3O/c11-6-5-9-10(14)13-8-4-2-1-3-7(8)12-9/h1-6H,11H2,(H,13,14)/b6-5+. The van der Waals surface area contributed by atoms with E-state index in [4.69, 9.17) is 5.73 Å². The number of nitrogens with one attached hydrogen (secondary N) is 1. The third kappa shape index (κ3) is 1.37. The van der Waals surface area contributed by atoms with Crippen molar-refractivity contribution in [3.8, 4) is 0 Å². The fourth-order valence-corrected chi connectivity index (χ4v) is 1.25. The molecule has 0 amide bonds. The van der Waals surface area contributed by atoms with Gasteiger partial charge in [-0.25, -0.2) is 4.98 Å². The summed E-state index contributed by atoms with van der Waals surface area (Å²) >= 11 is 0. The molecule has 0 aliphatic rings. The zero-order valence-corrected chi connectivity index (χ0v) is 7.40. The van der Waals surface area contributed by atoms with Crippen LogP contribution >= 0.6 is 0 Å². The van der Waals surface area contributed by atoms with Crippen LogP contribution in [-0.2, 0) is 0 Å². The van der Waals surface area contributed by atoms with Crippen LogP contribution in [0.15, 0.2) is 35.3 Å². The van der Waals surface area contributed by atoms with Crippen molar-refractivity contribution in [1.82, 2.24) is 9.97 Å². The highest BCUT2D eigenvalue weighted by molar-refractivity contribution is 5.74. The molecule has 0 aliphatic heterocycles. The first-order valence-electron chi connectivity index (χ1n) is 4.18. The molecule has 0 bridgehead atoms. The van der Waals surface area contributed by atoms with Crippen LogP contribution in [0.1, 0.15) is 5.69 Å². The second kappa shape index (κ2) is 3.33. The summed E-state index contributed by atoms with van der Waals surface area (Å²) in [6, 6.07) is 7.35. The molecule has 3 N–H and O–H groups in total. The topological polar surface area (TPSA) is 71.8 Å². The van der Waals surface area contributed by atoms with Gasteiger partial charge in [-0.3, -0.25) is 4.79 Å². The minimum atomic E-state index is -0.231. The molecule has 2 aromatic rings. The molecule has 0 radical (unpaired) electrons. The van der Waals surface area contributed by atoms with Gasteiger partial charge in [0.25, 0.3) is 5.56 Å². The lowest BCUT2D eigenvalue weighted by Gasteiger charge is -1.97. The first-order valence-corrected chi connectivity index (χ1v) is 4.18. The number of hydrogen-bond acceptors (Lipinski definition) is 3. The number of hydrogen-bond donors (Lipinski definition) is 2. The largest absolute Gasteiger partial charge is 0.405 e. The van der Waals surface area contributed by atoms with Crippen molar-refractivity contribution in [2.45, 2.75) is 0 Å². The zero-order chi connectivity index (χ0) is 9.97. The van der Waals surface area contributed by atoms with E-state index in [1.54, 1.807) is 6.07 Å². The van der Waals surface area contributed by atoms with E-state index in [0.717, 1.165) is 11.0 Å². The Labute approximate surface area is 80.1 Å². The average Bonchev–Trinajstić information content (AvgIpc) is 2.19. The van der Waals surface area contributed by atoms with Crippen LogP contribution in [0.3, 0.4) is 0 Å². The normalized spacial score (nSPS) is 11.1. The molecular formula is C10H9N3O. The first kappa shape index (κ1) is 8.50. The zero-order valence-electron chi connectivity index (χ0n) is 7.40. The van der Waals surface area contributed by atoms with Crippen LogP contribution in [0, 0.1) is 0 Å². The van der Waals surface area contributed by atoms with E-state index in [2.05, 4.69) is 9.97 Å². The number of H-pyrrole nitrogens is 1. The Morgan fingerprint density at radius 3 is 2.93 bits per heavy atom. The van der Waals surface area contributed by atoms with Crippen LogP contribution in [0.4, 0.5) is 0 Å². The third-order valence-corrected chi connectivity index (χ3v) is 1.88. The maximum atomic E-state index is 11.4. The lowest BCUT2D eigenvalue weighted by atomic mass is 10.3. The summed E-state index contributed by atoms with van der Waals surface area (Å²) in [6.07, 6.45) is 2.78. The minimum Gasteiger partial charge on any atom is -0.405 e. The Kier molecular flexibility index (Phi) is 2.02. The second-order valence-electron chi connectivity index (χ2n) is 2.83. The Morgan fingerprint density at radius 1 is 1.36 bits per heavy atom. The van der Waals surface area contributed by atoms with Crippen LogP contribution in [0.5, 0.6) is 0 Å². The van der Waals surface area contributed by atoms with Gasteiger partial charge in [0, 0.05) is 0 Å². The van der Waals surface area contributed by atoms with Crippen molar-refractivity contribution in [3.63, 3.8) is 0 Å². The van der Waals surface area contributed by atoms with Gasteiger partial charge in [0.1, 0.15) is 5.69 Å². The molecule has 0 saturated heterocycles. The number of aromatic amines is 1. The van der Waals surface area contributed by atoms with Gasteiger partial charge in [-0.2, -0.15) is 0 Å². The quantitative estimate of drug-likeness (QED) is 0.695. The number of nitrogens with two attached hydrogens (primary N) is 1. The summed E-state index contributed by atoms with van der Waals surface area (Å²) in [5, 5.41) is 0. The molecule has 4 nitrogen and oxygen atoms in total. The Morgan fingerprint density at radius 2 is 2.14 bits per heavy atom. The third-order valence-electron chi connectivity index (χ3n) is 1.88. The summed E-state index contributed by atoms with van der Waals surface area (Å²) in [6.45, 7) is 0. The van der Waals surface area contributed by atoms with Gasteiger partial charge in [-0.1, -0.05) is 12.1 Å². The van der Waals surface area contributed by atoms with E-state index in [-0.39, 0.29) is 5.56 Å². The van der Waals surface area contributed by atoms with Crippen LogP contribution in [0.2, 0.25) is 0 Å². The molecule has 0 saturated carbocycles. The Balaban J connectivity index is 2.77. The number of para-hydroxylation sites is 2. The van der Waals surface area contributed by atoms with Crippen LogP contribution in [-0.4, -0.2) is 9.97 Å². The van der Waals surface area contributed by atoms with Gasteiger partial charge in [0.2, 0.25) is 0 Å². The molecular weight excluding hydrogens is 178 g/mol. The fourth-order valence-electron chi connectivity index (χ4n) is 1.25. The first-order chi connectivity index (χ1) is 6.81. The minimum absolute atomic E-state index is 0.231. The van der Waals surface area contributed by atoms with Crippen molar-refractivity contribution in [1.29, 1.82) is 0 Å². The van der Waals surface area contributed by atoms with Gasteiger partial charge in [0.15, 0.2) is 0 Å². The predicted octanol–water partition coefficient (Wildman–Crippen LogP) is 0.853. The van der Waals surface area contributed by atoms with E-state index in [9.17, 15) is 4.79 Å². The number of aromatic nitrogens is 2. The smallest absolute Gasteiger partial charge is 0.274 e. The van der Waals surface area contributed by atoms with Gasteiger partial charge in [0.05, 0.1) is 11.0 Å². The molecule has 0 atom stereocenters. The SMILES string of the molecule is N/C=C/c1nc2ccccc2[nH]c1=O. The summed E-state index contributed by atoms with van der Waals surface area (Å²) < 4.78 is 0. The number of rotatable bonds is 1. The Hall–Kier alpha value is -2.10. The van der Waals surface area contributed by atoms with Crippen molar-refractivity contribution in [2.24, 2.45) is 5.73 Å². The van der Waals surface area contributed by atoms with Crippen molar-refractivity contribution >= 4 is 17.1 Å². The summed E-state index contributed by atoms with van der Waals surface area (Å²) in [5.41, 5.74) is 6.77. The lowest BCUT2D eigenvalue weighted by molar-refractivity contribution is 1.19.